The molecular formula is C24H12O2. The highest BCUT2D eigenvalue weighted by Crippen LogP contribution is 2.52. The molecule has 2 heteroatoms. The Bertz CT molecular complexity index is 1510. The van der Waals surface area contributed by atoms with E-state index in [1.165, 1.54) is 32.3 Å². The first-order chi connectivity index (χ1) is 12.7. The van der Waals surface area contributed by atoms with Gasteiger partial charge in [-0.05, 0) is 55.2 Å². The number of aromatic hydroxyl groups is 2. The minimum absolute atomic E-state index is 0.0303. The van der Waals surface area contributed by atoms with Crippen LogP contribution in [0, 0.1) is 0 Å². The lowest BCUT2D eigenvalue weighted by Gasteiger charge is -2.21. The summed E-state index contributed by atoms with van der Waals surface area (Å²) >= 11 is 0. The van der Waals surface area contributed by atoms with E-state index >= 15 is 0 Å². The van der Waals surface area contributed by atoms with Gasteiger partial charge in [0.2, 0.25) is 0 Å². The van der Waals surface area contributed by atoms with E-state index in [1.54, 1.807) is 0 Å². The molecule has 26 heavy (non-hydrogen) atoms. The average molecular weight is 332 g/mol. The largest absolute Gasteiger partial charge is 0.504 e. The third-order valence-electron chi connectivity index (χ3n) is 6.11. The molecule has 2 nitrogen and oxygen atoms in total. The lowest BCUT2D eigenvalue weighted by molar-refractivity contribution is 0.412. The van der Waals surface area contributed by atoms with Crippen LogP contribution in [0.2, 0.25) is 0 Å². The van der Waals surface area contributed by atoms with E-state index in [0.29, 0.717) is 10.8 Å². The Morgan fingerprint density at radius 1 is 0.346 bits per heavy atom. The summed E-state index contributed by atoms with van der Waals surface area (Å²) in [7, 11) is 0. The number of hydrogen-bond donors (Lipinski definition) is 2. The Morgan fingerprint density at radius 2 is 0.615 bits per heavy atom. The Morgan fingerprint density at radius 3 is 0.962 bits per heavy atom. The number of benzene rings is 7. The van der Waals surface area contributed by atoms with Crippen LogP contribution in [-0.2, 0) is 0 Å². The minimum atomic E-state index is -0.0303. The van der Waals surface area contributed by atoms with Crippen molar-refractivity contribution in [3.05, 3.63) is 60.7 Å². The third kappa shape index (κ3) is 1.17. The van der Waals surface area contributed by atoms with Crippen molar-refractivity contribution >= 4 is 64.6 Å². The highest BCUT2D eigenvalue weighted by molar-refractivity contribution is 6.45. The third-order valence-corrected chi connectivity index (χ3v) is 6.11. The van der Waals surface area contributed by atoms with Crippen LogP contribution in [0.5, 0.6) is 11.5 Å². The Labute approximate surface area is 147 Å². The molecule has 0 bridgehead atoms. The number of phenols is 2. The van der Waals surface area contributed by atoms with E-state index in [2.05, 4.69) is 36.4 Å². The Balaban J connectivity index is 2.09. The molecule has 0 unspecified atom stereocenters. The van der Waals surface area contributed by atoms with Gasteiger partial charge >= 0.3 is 0 Å². The van der Waals surface area contributed by atoms with Crippen molar-refractivity contribution in [2.75, 3.05) is 0 Å². The van der Waals surface area contributed by atoms with Gasteiger partial charge in [-0.3, -0.25) is 0 Å². The fourth-order valence-electron chi connectivity index (χ4n) is 5.03. The molecule has 2 N–H and O–H groups in total. The molecule has 0 aliphatic rings. The van der Waals surface area contributed by atoms with Gasteiger partial charge in [0.15, 0.2) is 11.5 Å². The highest BCUT2D eigenvalue weighted by Gasteiger charge is 2.23. The van der Waals surface area contributed by atoms with Gasteiger partial charge in [0, 0.05) is 21.5 Å². The SMILES string of the molecule is Oc1c(O)c2ccc3ccc4ccc5ccc6ccc1c1c6c5c4c3c21. The fraction of sp³-hybridized carbons (Fsp3) is 0. The molecule has 0 heterocycles. The Hall–Kier alpha value is -3.52. The van der Waals surface area contributed by atoms with Crippen molar-refractivity contribution < 1.29 is 10.2 Å². The number of hydrogen-bond acceptors (Lipinski definition) is 2. The number of phenolic OH excluding ortho intramolecular Hbond substituents is 2. The zero-order chi connectivity index (χ0) is 17.2. The monoisotopic (exact) mass is 332 g/mol. The maximum absolute atomic E-state index is 10.7. The standard InChI is InChI=1S/C24H12O2/c25-23-15-9-7-13-5-3-11-1-2-12-4-6-14-8-10-16(24(23)26)22-20(14)18(12)17(11)19(13)21(15)22/h1-10,25-26H. The zero-order valence-corrected chi connectivity index (χ0v) is 13.7. The molecule has 7 rings (SSSR count). The topological polar surface area (TPSA) is 40.5 Å². The first kappa shape index (κ1) is 12.8. The van der Waals surface area contributed by atoms with Gasteiger partial charge in [-0.1, -0.05) is 48.5 Å². The highest BCUT2D eigenvalue weighted by atomic mass is 16.3. The fourth-order valence-corrected chi connectivity index (χ4v) is 5.03. The molecule has 0 aliphatic carbocycles. The van der Waals surface area contributed by atoms with Crippen LogP contribution in [0.25, 0.3) is 64.6 Å². The van der Waals surface area contributed by atoms with Crippen LogP contribution >= 0.6 is 0 Å². The zero-order valence-electron chi connectivity index (χ0n) is 13.7. The predicted molar refractivity (Wildman–Crippen MR) is 108 cm³/mol. The average Bonchev–Trinajstić information content (AvgIpc) is 2.69. The van der Waals surface area contributed by atoms with Gasteiger partial charge in [0.25, 0.3) is 0 Å². The maximum Gasteiger partial charge on any atom is 0.166 e. The molecule has 7 aromatic carbocycles. The van der Waals surface area contributed by atoms with Crippen LogP contribution in [0.15, 0.2) is 60.7 Å². The van der Waals surface area contributed by atoms with Crippen molar-refractivity contribution in [1.29, 1.82) is 0 Å². The van der Waals surface area contributed by atoms with E-state index in [9.17, 15) is 10.2 Å². The quantitative estimate of drug-likeness (QED) is 0.193. The van der Waals surface area contributed by atoms with Gasteiger partial charge < -0.3 is 10.2 Å². The summed E-state index contributed by atoms with van der Waals surface area (Å²) in [6.07, 6.45) is 0. The van der Waals surface area contributed by atoms with E-state index in [4.69, 9.17) is 0 Å². The first-order valence-corrected chi connectivity index (χ1v) is 8.75. The van der Waals surface area contributed by atoms with Crippen LogP contribution in [0.4, 0.5) is 0 Å². The van der Waals surface area contributed by atoms with Crippen LogP contribution in [0.3, 0.4) is 0 Å². The molecule has 0 spiro atoms. The van der Waals surface area contributed by atoms with Crippen LogP contribution in [-0.4, -0.2) is 10.2 Å². The molecule has 0 aromatic heterocycles. The van der Waals surface area contributed by atoms with Crippen molar-refractivity contribution in [3.8, 4) is 11.5 Å². The van der Waals surface area contributed by atoms with Gasteiger partial charge in [0.1, 0.15) is 0 Å². The smallest absolute Gasteiger partial charge is 0.166 e. The summed E-state index contributed by atoms with van der Waals surface area (Å²) in [5.74, 6) is -0.0605. The molecule has 0 aliphatic heterocycles. The van der Waals surface area contributed by atoms with Gasteiger partial charge in [-0.25, -0.2) is 0 Å². The van der Waals surface area contributed by atoms with E-state index < -0.39 is 0 Å². The molecular weight excluding hydrogens is 320 g/mol. The summed E-state index contributed by atoms with van der Waals surface area (Å²) < 4.78 is 0. The first-order valence-electron chi connectivity index (χ1n) is 8.75. The predicted octanol–water partition coefficient (Wildman–Crippen LogP) is 6.33. The summed E-state index contributed by atoms with van der Waals surface area (Å²) in [4.78, 5) is 0. The van der Waals surface area contributed by atoms with Crippen LogP contribution in [0.1, 0.15) is 0 Å². The molecule has 7 aromatic rings. The summed E-state index contributed by atoms with van der Waals surface area (Å²) in [6.45, 7) is 0. The molecule has 0 saturated carbocycles. The molecule has 0 fully saturated rings. The number of rotatable bonds is 0. The lowest BCUT2D eigenvalue weighted by Crippen LogP contribution is -1.93. The molecule has 120 valence electrons. The summed E-state index contributed by atoms with van der Waals surface area (Å²) in [5, 5.41) is 34.5. The van der Waals surface area contributed by atoms with Gasteiger partial charge in [-0.15, -0.1) is 0 Å². The van der Waals surface area contributed by atoms with Crippen molar-refractivity contribution in [2.24, 2.45) is 0 Å². The normalized spacial score (nSPS) is 12.9. The summed E-state index contributed by atoms with van der Waals surface area (Å²) in [5.41, 5.74) is 0. The van der Waals surface area contributed by atoms with Crippen molar-refractivity contribution in [2.45, 2.75) is 0 Å². The van der Waals surface area contributed by atoms with Gasteiger partial charge in [-0.2, -0.15) is 0 Å². The van der Waals surface area contributed by atoms with Crippen LogP contribution < -0.4 is 0 Å². The second-order valence-corrected chi connectivity index (χ2v) is 7.26. The van der Waals surface area contributed by atoms with E-state index in [1.807, 2.05) is 24.3 Å². The molecule has 0 atom stereocenters. The maximum atomic E-state index is 10.7. The second kappa shape index (κ2) is 3.83. The van der Waals surface area contributed by atoms with Crippen molar-refractivity contribution in [1.82, 2.24) is 0 Å². The van der Waals surface area contributed by atoms with Crippen molar-refractivity contribution in [3.63, 3.8) is 0 Å². The summed E-state index contributed by atoms with van der Waals surface area (Å²) in [6, 6.07) is 20.9. The van der Waals surface area contributed by atoms with E-state index in [0.717, 1.165) is 21.5 Å². The molecule has 0 saturated heterocycles. The minimum Gasteiger partial charge on any atom is -0.504 e. The Kier molecular flexibility index (Phi) is 1.89. The van der Waals surface area contributed by atoms with E-state index in [-0.39, 0.29) is 11.5 Å². The molecule has 0 radical (unpaired) electrons. The van der Waals surface area contributed by atoms with Gasteiger partial charge in [0.05, 0.1) is 0 Å². The lowest BCUT2D eigenvalue weighted by atomic mass is 9.82. The molecule has 0 amide bonds. The second-order valence-electron chi connectivity index (χ2n) is 7.26.